The summed E-state index contributed by atoms with van der Waals surface area (Å²) in [5.41, 5.74) is 0. The Morgan fingerprint density at radius 2 is 1.16 bits per heavy atom. The fourth-order valence-corrected chi connectivity index (χ4v) is 1.59. The standard InChI is InChI=1S/C12H24O2.CH2O3.Ca/c1-2-3-4-5-6-7-8-9-10-11-12(13)14;2-1(3)4;/h2-11H2,1H3,(H,13,14);(H2,2,3,4);/q;;+2/p-2. The molecular formula is C13H24CaO5. The molecule has 0 heterocycles. The van der Waals surface area contributed by atoms with Crippen LogP contribution in [0, 0.1) is 0 Å². The van der Waals surface area contributed by atoms with Crippen LogP contribution in [0.3, 0.4) is 0 Å². The van der Waals surface area contributed by atoms with E-state index in [1.807, 2.05) is 0 Å². The van der Waals surface area contributed by atoms with Crippen molar-refractivity contribution in [1.29, 1.82) is 0 Å². The van der Waals surface area contributed by atoms with Gasteiger partial charge in [-0.2, -0.15) is 0 Å². The van der Waals surface area contributed by atoms with Gasteiger partial charge < -0.3 is 20.1 Å². The summed E-state index contributed by atoms with van der Waals surface area (Å²) in [5.74, 6) is -0.659. The first-order valence-corrected chi connectivity index (χ1v) is 6.60. The summed E-state index contributed by atoms with van der Waals surface area (Å²) in [6, 6.07) is 0. The van der Waals surface area contributed by atoms with Gasteiger partial charge >= 0.3 is 43.7 Å². The number of carbonyl (C=O) groups excluding carboxylic acids is 1. The van der Waals surface area contributed by atoms with Gasteiger partial charge in [0.05, 0.1) is 0 Å². The fraction of sp³-hybridized carbons (Fsp3) is 0.846. The molecule has 0 amide bonds. The molecule has 0 saturated heterocycles. The Hall–Kier alpha value is -0.000260. The molecule has 0 unspecified atom stereocenters. The van der Waals surface area contributed by atoms with Crippen molar-refractivity contribution in [3.63, 3.8) is 0 Å². The molecule has 1 N–H and O–H groups in total. The van der Waals surface area contributed by atoms with Crippen LogP contribution in [0.5, 0.6) is 0 Å². The van der Waals surface area contributed by atoms with Crippen molar-refractivity contribution in [3.8, 4) is 0 Å². The molecule has 0 atom stereocenters. The summed E-state index contributed by atoms with van der Waals surface area (Å²) in [5, 5.41) is 25.1. The molecule has 0 fully saturated rings. The molecule has 0 aromatic carbocycles. The quantitative estimate of drug-likeness (QED) is 0.482. The fourth-order valence-electron chi connectivity index (χ4n) is 1.59. The summed E-state index contributed by atoms with van der Waals surface area (Å²) in [7, 11) is 0. The van der Waals surface area contributed by atoms with E-state index < -0.39 is 12.1 Å². The Morgan fingerprint density at radius 1 is 0.842 bits per heavy atom. The minimum atomic E-state index is -2.33. The summed E-state index contributed by atoms with van der Waals surface area (Å²) in [6.07, 6.45) is 9.14. The van der Waals surface area contributed by atoms with Crippen LogP contribution >= 0.6 is 0 Å². The average Bonchev–Trinajstić information content (AvgIpc) is 2.26. The molecule has 0 aromatic rings. The van der Waals surface area contributed by atoms with Gasteiger partial charge in [0.25, 0.3) is 0 Å². The van der Waals surface area contributed by atoms with Crippen LogP contribution in [0.2, 0.25) is 0 Å². The maximum Gasteiger partial charge on any atom is 2.00 e. The zero-order valence-electron chi connectivity index (χ0n) is 11.9. The molecule has 0 aromatic heterocycles. The molecule has 0 saturated carbocycles. The summed E-state index contributed by atoms with van der Waals surface area (Å²) in [4.78, 5) is 18.5. The zero-order chi connectivity index (χ0) is 14.2. The van der Waals surface area contributed by atoms with Crippen LogP contribution in [0.25, 0.3) is 0 Å². The smallest absolute Gasteiger partial charge is 0.652 e. The molecule has 0 aliphatic rings. The molecule has 19 heavy (non-hydrogen) atoms. The third-order valence-electron chi connectivity index (χ3n) is 2.49. The van der Waals surface area contributed by atoms with Crippen LogP contribution in [-0.2, 0) is 4.79 Å². The van der Waals surface area contributed by atoms with E-state index in [1.54, 1.807) is 0 Å². The molecule has 5 nitrogen and oxygen atoms in total. The van der Waals surface area contributed by atoms with Crippen molar-refractivity contribution in [2.75, 3.05) is 0 Å². The average molecular weight is 300 g/mol. The van der Waals surface area contributed by atoms with E-state index >= 15 is 0 Å². The Morgan fingerprint density at radius 3 is 1.47 bits per heavy atom. The predicted molar refractivity (Wildman–Crippen MR) is 70.6 cm³/mol. The van der Waals surface area contributed by atoms with Gasteiger partial charge in [-0.25, -0.2) is 0 Å². The van der Waals surface area contributed by atoms with Gasteiger partial charge in [-0.3, -0.25) is 4.79 Å². The molecular weight excluding hydrogens is 276 g/mol. The normalized spacial score (nSPS) is 8.89. The zero-order valence-corrected chi connectivity index (χ0v) is 14.1. The number of carbonyl (C=O) groups is 2. The van der Waals surface area contributed by atoms with E-state index in [4.69, 9.17) is 20.1 Å². The van der Waals surface area contributed by atoms with E-state index in [-0.39, 0.29) is 37.7 Å². The first kappa shape index (κ1) is 24.0. The molecule has 0 radical (unpaired) electrons. The van der Waals surface area contributed by atoms with Gasteiger partial charge in [0, 0.05) is 6.42 Å². The number of hydrogen-bond donors (Lipinski definition) is 1. The molecule has 6 heteroatoms. The first-order valence-electron chi connectivity index (χ1n) is 6.60. The largest absolute Gasteiger partial charge is 2.00 e. The molecule has 0 aliphatic heterocycles. The summed E-state index contributed by atoms with van der Waals surface area (Å²) < 4.78 is 0. The molecule has 0 rings (SSSR count). The summed E-state index contributed by atoms with van der Waals surface area (Å²) in [6.45, 7) is 2.23. The minimum absolute atomic E-state index is 0. The van der Waals surface area contributed by atoms with Crippen LogP contribution < -0.4 is 10.2 Å². The van der Waals surface area contributed by atoms with Crippen molar-refractivity contribution in [2.24, 2.45) is 0 Å². The van der Waals surface area contributed by atoms with Crippen LogP contribution in [0.1, 0.15) is 71.1 Å². The van der Waals surface area contributed by atoms with E-state index in [9.17, 15) is 4.79 Å². The van der Waals surface area contributed by atoms with Crippen molar-refractivity contribution >= 4 is 49.9 Å². The van der Waals surface area contributed by atoms with Crippen molar-refractivity contribution in [2.45, 2.75) is 71.1 Å². The van der Waals surface area contributed by atoms with E-state index in [1.165, 1.54) is 44.9 Å². The second-order valence-electron chi connectivity index (χ2n) is 4.22. The van der Waals surface area contributed by atoms with Crippen LogP contribution in [0.15, 0.2) is 0 Å². The third kappa shape index (κ3) is 38.1. The second-order valence-corrected chi connectivity index (χ2v) is 4.22. The van der Waals surface area contributed by atoms with Crippen molar-refractivity contribution in [1.82, 2.24) is 0 Å². The van der Waals surface area contributed by atoms with Gasteiger partial charge in [0.15, 0.2) is 0 Å². The van der Waals surface area contributed by atoms with Gasteiger partial charge in [0.2, 0.25) is 0 Å². The molecule has 0 bridgehead atoms. The predicted octanol–water partition coefficient (Wildman–Crippen LogP) is 1.16. The van der Waals surface area contributed by atoms with Crippen LogP contribution in [0.4, 0.5) is 4.79 Å². The van der Waals surface area contributed by atoms with Gasteiger partial charge in [-0.1, -0.05) is 58.3 Å². The van der Waals surface area contributed by atoms with Gasteiger partial charge in [-0.05, 0) is 12.6 Å². The molecule has 0 spiro atoms. The Labute approximate surface area is 145 Å². The second kappa shape index (κ2) is 20.3. The van der Waals surface area contributed by atoms with Crippen LogP contribution in [-0.4, -0.2) is 55.0 Å². The van der Waals surface area contributed by atoms with E-state index in [0.29, 0.717) is 6.42 Å². The number of carboxylic acid groups (broad SMARTS) is 3. The third-order valence-corrected chi connectivity index (χ3v) is 2.49. The molecule has 108 valence electrons. The number of hydrogen-bond acceptors (Lipinski definition) is 4. The number of unbranched alkanes of at least 4 members (excludes halogenated alkanes) is 8. The molecule has 0 aliphatic carbocycles. The minimum Gasteiger partial charge on any atom is -0.652 e. The van der Waals surface area contributed by atoms with E-state index in [2.05, 4.69) is 6.92 Å². The summed E-state index contributed by atoms with van der Waals surface area (Å²) >= 11 is 0. The van der Waals surface area contributed by atoms with Gasteiger partial charge in [-0.15, -0.1) is 0 Å². The van der Waals surface area contributed by atoms with Gasteiger partial charge in [0.1, 0.15) is 0 Å². The van der Waals surface area contributed by atoms with Crippen molar-refractivity contribution in [3.05, 3.63) is 0 Å². The van der Waals surface area contributed by atoms with E-state index in [0.717, 1.165) is 12.8 Å². The number of carboxylic acids is 1. The van der Waals surface area contributed by atoms with Crippen molar-refractivity contribution < 1.29 is 24.9 Å². The Kier molecular flexibility index (Phi) is 25.7. The first-order chi connectivity index (χ1) is 8.50. The monoisotopic (exact) mass is 300 g/mol. The Balaban J connectivity index is -0.000000448. The maximum absolute atomic E-state index is 10.2. The maximum atomic E-state index is 10.2. The number of rotatable bonds is 10. The number of aliphatic carboxylic acids is 1. The SMILES string of the molecule is CCCCCCCCCCCC(=O)O.O=C([O-])[O-].[Ca+2]. The topological polar surface area (TPSA) is 100 Å². The Bertz CT molecular complexity index is 205.